The fraction of sp³-hybridized carbons (Fsp3) is 0.389. The van der Waals surface area contributed by atoms with Crippen LogP contribution in [0.1, 0.15) is 28.1 Å². The van der Waals surface area contributed by atoms with Gasteiger partial charge in [-0.1, -0.05) is 24.3 Å². The molecule has 2 aromatic heterocycles. The molecule has 0 fully saturated rings. The van der Waals surface area contributed by atoms with Gasteiger partial charge in [0.05, 0.1) is 25.4 Å². The first-order valence-corrected chi connectivity index (χ1v) is 8.42. The zero-order valence-corrected chi connectivity index (χ0v) is 14.7. The van der Waals surface area contributed by atoms with E-state index < -0.39 is 0 Å². The fourth-order valence-corrected chi connectivity index (χ4v) is 2.90. The van der Waals surface area contributed by atoms with Crippen LogP contribution in [0.2, 0.25) is 0 Å². The molecule has 3 rings (SSSR count). The molecule has 3 aromatic rings. The summed E-state index contributed by atoms with van der Waals surface area (Å²) < 4.78 is 3.67. The van der Waals surface area contributed by atoms with Crippen LogP contribution in [-0.2, 0) is 26.2 Å². The third kappa shape index (κ3) is 4.32. The lowest BCUT2D eigenvalue weighted by Gasteiger charge is -2.08. The summed E-state index contributed by atoms with van der Waals surface area (Å²) in [5.41, 5.74) is 5.77. The molecule has 2 N–H and O–H groups in total. The number of nitrogens with one attached hydrogen (secondary N) is 1. The van der Waals surface area contributed by atoms with Crippen molar-refractivity contribution in [2.45, 2.75) is 40.0 Å². The summed E-state index contributed by atoms with van der Waals surface area (Å²) >= 11 is 0. The molecule has 25 heavy (non-hydrogen) atoms. The summed E-state index contributed by atoms with van der Waals surface area (Å²) in [5.74, 6) is 0. The van der Waals surface area contributed by atoms with Crippen LogP contribution in [0.5, 0.6) is 0 Å². The zero-order chi connectivity index (χ0) is 17.6. The number of aliphatic hydroxyl groups excluding tert-OH is 1. The summed E-state index contributed by atoms with van der Waals surface area (Å²) in [6, 6.07) is 8.51. The molecule has 0 spiro atoms. The molecule has 1 aromatic carbocycles. The summed E-state index contributed by atoms with van der Waals surface area (Å²) in [7, 11) is 0. The molecular weight excluding hydrogens is 316 g/mol. The molecule has 0 atom stereocenters. The van der Waals surface area contributed by atoms with Gasteiger partial charge in [0.1, 0.15) is 12.7 Å². The van der Waals surface area contributed by atoms with Crippen LogP contribution in [0, 0.1) is 13.8 Å². The van der Waals surface area contributed by atoms with E-state index in [1.807, 2.05) is 23.2 Å². The SMILES string of the molecule is Cc1nn(CCO)c(C)c1CNCc1ccc(Cn2cncn2)cc1. The number of hydrogen-bond donors (Lipinski definition) is 2. The van der Waals surface area contributed by atoms with Gasteiger partial charge in [0.2, 0.25) is 0 Å². The Morgan fingerprint density at radius 1 is 1.08 bits per heavy atom. The average Bonchev–Trinajstić information content (AvgIpc) is 3.20. The highest BCUT2D eigenvalue weighted by molar-refractivity contribution is 5.25. The van der Waals surface area contributed by atoms with Gasteiger partial charge in [-0.05, 0) is 25.0 Å². The van der Waals surface area contributed by atoms with Gasteiger partial charge in [0, 0.05) is 24.3 Å². The van der Waals surface area contributed by atoms with Crippen LogP contribution in [0.3, 0.4) is 0 Å². The summed E-state index contributed by atoms with van der Waals surface area (Å²) in [6.45, 7) is 7.01. The Kier molecular flexibility index (Phi) is 5.57. The molecule has 0 bridgehead atoms. The van der Waals surface area contributed by atoms with E-state index in [0.29, 0.717) is 6.54 Å². The van der Waals surface area contributed by atoms with Crippen LogP contribution < -0.4 is 5.32 Å². The second-order valence-corrected chi connectivity index (χ2v) is 6.11. The third-order valence-corrected chi connectivity index (χ3v) is 4.31. The third-order valence-electron chi connectivity index (χ3n) is 4.31. The monoisotopic (exact) mass is 340 g/mol. The number of benzene rings is 1. The van der Waals surface area contributed by atoms with Crippen molar-refractivity contribution >= 4 is 0 Å². The van der Waals surface area contributed by atoms with Crippen LogP contribution in [0.4, 0.5) is 0 Å². The second kappa shape index (κ2) is 8.04. The van der Waals surface area contributed by atoms with E-state index in [0.717, 1.165) is 31.0 Å². The molecule has 132 valence electrons. The molecule has 0 aliphatic heterocycles. The van der Waals surface area contributed by atoms with Gasteiger partial charge in [0.15, 0.2) is 0 Å². The van der Waals surface area contributed by atoms with Gasteiger partial charge in [0.25, 0.3) is 0 Å². The van der Waals surface area contributed by atoms with Crippen LogP contribution in [0.25, 0.3) is 0 Å². The van der Waals surface area contributed by atoms with Crippen molar-refractivity contribution in [3.63, 3.8) is 0 Å². The van der Waals surface area contributed by atoms with E-state index in [1.54, 1.807) is 12.7 Å². The van der Waals surface area contributed by atoms with E-state index in [-0.39, 0.29) is 6.61 Å². The van der Waals surface area contributed by atoms with Gasteiger partial charge in [-0.2, -0.15) is 10.2 Å². The maximum atomic E-state index is 9.09. The number of rotatable bonds is 8. The molecule has 7 nitrogen and oxygen atoms in total. The molecule has 0 aliphatic rings. The van der Waals surface area contributed by atoms with Crippen LogP contribution >= 0.6 is 0 Å². The van der Waals surface area contributed by atoms with E-state index in [1.165, 1.54) is 16.7 Å². The molecule has 0 radical (unpaired) electrons. The minimum atomic E-state index is 0.107. The summed E-state index contributed by atoms with van der Waals surface area (Å²) in [4.78, 5) is 3.95. The Morgan fingerprint density at radius 3 is 2.52 bits per heavy atom. The average molecular weight is 340 g/mol. The lowest BCUT2D eigenvalue weighted by molar-refractivity contribution is 0.267. The van der Waals surface area contributed by atoms with Crippen molar-refractivity contribution < 1.29 is 5.11 Å². The molecule has 2 heterocycles. The zero-order valence-electron chi connectivity index (χ0n) is 14.7. The van der Waals surface area contributed by atoms with E-state index >= 15 is 0 Å². The highest BCUT2D eigenvalue weighted by atomic mass is 16.3. The second-order valence-electron chi connectivity index (χ2n) is 6.11. The first kappa shape index (κ1) is 17.3. The maximum Gasteiger partial charge on any atom is 0.137 e. The predicted molar refractivity (Wildman–Crippen MR) is 94.9 cm³/mol. The van der Waals surface area contributed by atoms with Gasteiger partial charge >= 0.3 is 0 Å². The largest absolute Gasteiger partial charge is 0.394 e. The molecule has 0 amide bonds. The minimum Gasteiger partial charge on any atom is -0.394 e. The quantitative estimate of drug-likeness (QED) is 0.648. The number of aryl methyl sites for hydroxylation is 1. The van der Waals surface area contributed by atoms with Crippen molar-refractivity contribution in [2.24, 2.45) is 0 Å². The standard InChI is InChI=1S/C18H24N6O/c1-14-18(15(2)24(22-14)7-8-25)10-19-9-16-3-5-17(6-4-16)11-23-13-20-12-21-23/h3-6,12-13,19,25H,7-11H2,1-2H3. The summed E-state index contributed by atoms with van der Waals surface area (Å²) in [6.07, 6.45) is 3.27. The van der Waals surface area contributed by atoms with Crippen molar-refractivity contribution in [3.8, 4) is 0 Å². The number of aromatic nitrogens is 5. The summed E-state index contributed by atoms with van der Waals surface area (Å²) in [5, 5.41) is 21.2. The first-order chi connectivity index (χ1) is 12.2. The molecular formula is C18H24N6O. The molecule has 0 unspecified atom stereocenters. The van der Waals surface area contributed by atoms with Gasteiger partial charge < -0.3 is 10.4 Å². The Bertz CT molecular complexity index is 792. The van der Waals surface area contributed by atoms with Crippen molar-refractivity contribution in [1.29, 1.82) is 0 Å². The number of hydrogen-bond acceptors (Lipinski definition) is 5. The Labute approximate surface area is 147 Å². The smallest absolute Gasteiger partial charge is 0.137 e. The molecule has 0 saturated heterocycles. The van der Waals surface area contributed by atoms with Gasteiger partial charge in [-0.3, -0.25) is 4.68 Å². The molecule has 0 saturated carbocycles. The maximum absolute atomic E-state index is 9.09. The van der Waals surface area contributed by atoms with Crippen LogP contribution in [-0.4, -0.2) is 36.3 Å². The van der Waals surface area contributed by atoms with E-state index in [9.17, 15) is 0 Å². The van der Waals surface area contributed by atoms with E-state index in [4.69, 9.17) is 5.11 Å². The minimum absolute atomic E-state index is 0.107. The van der Waals surface area contributed by atoms with Crippen molar-refractivity contribution in [1.82, 2.24) is 29.9 Å². The molecule has 0 aliphatic carbocycles. The van der Waals surface area contributed by atoms with Gasteiger partial charge in [-0.15, -0.1) is 0 Å². The normalized spacial score (nSPS) is 11.2. The number of aliphatic hydroxyl groups is 1. The Balaban J connectivity index is 1.54. The lowest BCUT2D eigenvalue weighted by Crippen LogP contribution is -2.14. The van der Waals surface area contributed by atoms with E-state index in [2.05, 4.69) is 44.8 Å². The number of nitrogens with zero attached hydrogens (tertiary/aromatic N) is 5. The lowest BCUT2D eigenvalue weighted by atomic mass is 10.1. The predicted octanol–water partition coefficient (Wildman–Crippen LogP) is 1.42. The van der Waals surface area contributed by atoms with Gasteiger partial charge in [-0.25, -0.2) is 9.67 Å². The fourth-order valence-electron chi connectivity index (χ4n) is 2.90. The topological polar surface area (TPSA) is 80.8 Å². The Hall–Kier alpha value is -2.51. The van der Waals surface area contributed by atoms with Crippen LogP contribution in [0.15, 0.2) is 36.9 Å². The highest BCUT2D eigenvalue weighted by Crippen LogP contribution is 2.13. The molecule has 7 heteroatoms. The highest BCUT2D eigenvalue weighted by Gasteiger charge is 2.10. The first-order valence-electron chi connectivity index (χ1n) is 8.42. The Morgan fingerprint density at radius 2 is 1.84 bits per heavy atom. The van der Waals surface area contributed by atoms with Crippen molar-refractivity contribution in [2.75, 3.05) is 6.61 Å². The van der Waals surface area contributed by atoms with Crippen molar-refractivity contribution in [3.05, 3.63) is 65.0 Å².